The van der Waals surface area contributed by atoms with Crippen LogP contribution >= 0.6 is 7.82 Å². The maximum atomic E-state index is 12.6. The van der Waals surface area contributed by atoms with Gasteiger partial charge in [-0.2, -0.15) is 0 Å². The Morgan fingerprint density at radius 2 is 1.50 bits per heavy atom. The van der Waals surface area contributed by atoms with Crippen LogP contribution in [0.1, 0.15) is 26.7 Å². The molecule has 16 heavy (non-hydrogen) atoms. The highest BCUT2D eigenvalue weighted by Gasteiger charge is 2.34. The molecule has 4 nitrogen and oxygen atoms in total. The summed E-state index contributed by atoms with van der Waals surface area (Å²) in [6.45, 7) is 3.39. The van der Waals surface area contributed by atoms with E-state index in [1.54, 1.807) is 13.8 Å². The zero-order valence-electron chi connectivity index (χ0n) is 9.20. The van der Waals surface area contributed by atoms with Gasteiger partial charge in [0.1, 0.15) is 0 Å². The predicted octanol–water partition coefficient (Wildman–Crippen LogP) is 3.53. The molecule has 1 unspecified atom stereocenters. The Hall–Kier alpha value is -0.100. The molecule has 0 amide bonds. The Labute approximate surface area is 92.7 Å². The summed E-state index contributed by atoms with van der Waals surface area (Å²) in [5.41, 5.74) is 0. The van der Waals surface area contributed by atoms with Gasteiger partial charge in [-0.15, -0.1) is 0 Å². The fourth-order valence-electron chi connectivity index (χ4n) is 0.674. The monoisotopic (exact) mass is 264 g/mol. The topological polar surface area (TPSA) is 44.8 Å². The molecule has 0 saturated carbocycles. The van der Waals surface area contributed by atoms with Crippen LogP contribution in [0.15, 0.2) is 0 Å². The number of phosphoric ester groups is 1. The second-order valence-electron chi connectivity index (χ2n) is 2.90. The van der Waals surface area contributed by atoms with Crippen molar-refractivity contribution in [3.8, 4) is 0 Å². The molecule has 8 heteroatoms. The van der Waals surface area contributed by atoms with Crippen molar-refractivity contribution in [1.29, 1.82) is 0 Å². The summed E-state index contributed by atoms with van der Waals surface area (Å²) in [6, 6.07) is 0. The van der Waals surface area contributed by atoms with Crippen LogP contribution in [0.4, 0.5) is 13.2 Å². The largest absolute Gasteiger partial charge is 0.477 e. The van der Waals surface area contributed by atoms with Crippen LogP contribution in [-0.2, 0) is 18.1 Å². The Balaban J connectivity index is 4.34. The van der Waals surface area contributed by atoms with Crippen LogP contribution in [0.5, 0.6) is 0 Å². The first kappa shape index (κ1) is 15.9. The van der Waals surface area contributed by atoms with Gasteiger partial charge in [0.2, 0.25) is 0 Å². The minimum absolute atomic E-state index is 0.0169. The summed E-state index contributed by atoms with van der Waals surface area (Å²) in [6.07, 6.45) is -5.40. The molecule has 98 valence electrons. The zero-order chi connectivity index (χ0) is 12.6. The molecule has 0 heterocycles. The zero-order valence-corrected chi connectivity index (χ0v) is 10.1. The van der Waals surface area contributed by atoms with Crippen LogP contribution in [0, 0.1) is 0 Å². The maximum Gasteiger partial charge on any atom is 0.477 e. The number of hydrogen-bond donors (Lipinski definition) is 0. The van der Waals surface area contributed by atoms with Gasteiger partial charge in [-0.1, -0.05) is 13.8 Å². The lowest BCUT2D eigenvalue weighted by Crippen LogP contribution is -2.17. The molecule has 0 bridgehead atoms. The normalized spacial score (nSPS) is 14.4. The lowest BCUT2D eigenvalue weighted by atomic mass is 10.5. The lowest BCUT2D eigenvalue weighted by molar-refractivity contribution is -0.0862. The third-order valence-electron chi connectivity index (χ3n) is 1.33. The Morgan fingerprint density at radius 1 is 1.06 bits per heavy atom. The van der Waals surface area contributed by atoms with Crippen molar-refractivity contribution >= 4 is 7.82 Å². The highest BCUT2D eigenvalue weighted by molar-refractivity contribution is 7.48. The van der Waals surface area contributed by atoms with Crippen molar-refractivity contribution < 1.29 is 31.3 Å². The van der Waals surface area contributed by atoms with Crippen LogP contribution < -0.4 is 0 Å². The van der Waals surface area contributed by atoms with Crippen molar-refractivity contribution in [2.75, 3.05) is 13.2 Å². The molecule has 1 atom stereocenters. The van der Waals surface area contributed by atoms with E-state index >= 15 is 0 Å². The van der Waals surface area contributed by atoms with E-state index in [1.807, 2.05) is 0 Å². The van der Waals surface area contributed by atoms with Crippen LogP contribution in [0.3, 0.4) is 0 Å². The van der Waals surface area contributed by atoms with Gasteiger partial charge < -0.3 is 0 Å². The predicted molar refractivity (Wildman–Crippen MR) is 52.1 cm³/mol. The number of phosphoric acid groups is 1. The fourth-order valence-corrected chi connectivity index (χ4v) is 2.02. The fraction of sp³-hybridized carbons (Fsp3) is 1.00. The molecular weight excluding hydrogens is 248 g/mol. The van der Waals surface area contributed by atoms with Crippen molar-refractivity contribution in [3.63, 3.8) is 0 Å². The summed E-state index contributed by atoms with van der Waals surface area (Å²) in [5, 5.41) is 0. The Morgan fingerprint density at radius 3 is 1.81 bits per heavy atom. The molecule has 0 aromatic carbocycles. The number of hydrogen-bond acceptors (Lipinski definition) is 4. The molecule has 0 spiro atoms. The van der Waals surface area contributed by atoms with Gasteiger partial charge in [0.25, 0.3) is 12.8 Å². The van der Waals surface area contributed by atoms with Gasteiger partial charge in [0.15, 0.2) is 0 Å². The lowest BCUT2D eigenvalue weighted by Gasteiger charge is -2.19. The molecule has 0 aliphatic carbocycles. The third-order valence-corrected chi connectivity index (χ3v) is 2.79. The van der Waals surface area contributed by atoms with Crippen molar-refractivity contribution in [2.24, 2.45) is 0 Å². The second-order valence-corrected chi connectivity index (χ2v) is 4.53. The summed E-state index contributed by atoms with van der Waals surface area (Å²) in [5.74, 6) is 0. The molecule has 0 rings (SSSR count). The average Bonchev–Trinajstić information content (AvgIpc) is 2.23. The highest BCUT2D eigenvalue weighted by atomic mass is 31.2. The van der Waals surface area contributed by atoms with Crippen molar-refractivity contribution in [3.05, 3.63) is 0 Å². The van der Waals surface area contributed by atoms with E-state index < -0.39 is 20.6 Å². The molecule has 0 N–H and O–H groups in total. The number of alkyl halides is 3. The standard InChI is InChI=1S/C8H16F3O4P/c1-3-5-13-16(12,14-6-4-2)15-8(11)7(9)10/h7-8H,3-6H2,1-2H3. The van der Waals surface area contributed by atoms with Gasteiger partial charge in [0, 0.05) is 0 Å². The molecule has 0 aromatic rings. The summed E-state index contributed by atoms with van der Waals surface area (Å²) in [4.78, 5) is 0. The first-order chi connectivity index (χ1) is 7.45. The molecule has 0 aliphatic rings. The smallest absolute Gasteiger partial charge is 0.287 e. The maximum absolute atomic E-state index is 12.6. The van der Waals surface area contributed by atoms with Gasteiger partial charge in [-0.25, -0.2) is 22.3 Å². The molecule has 0 aliphatic heterocycles. The SMILES string of the molecule is CCCOP(=O)(OCCC)OC(F)C(F)F. The van der Waals surface area contributed by atoms with E-state index in [4.69, 9.17) is 0 Å². The summed E-state index contributed by atoms with van der Waals surface area (Å²) >= 11 is 0. The van der Waals surface area contributed by atoms with Crippen LogP contribution in [-0.4, -0.2) is 26.0 Å². The van der Waals surface area contributed by atoms with Crippen LogP contribution in [0.2, 0.25) is 0 Å². The van der Waals surface area contributed by atoms with Gasteiger partial charge in [-0.05, 0) is 12.8 Å². The Kier molecular flexibility index (Phi) is 8.01. The van der Waals surface area contributed by atoms with E-state index in [0.717, 1.165) is 0 Å². The van der Waals surface area contributed by atoms with Gasteiger partial charge in [-0.3, -0.25) is 9.05 Å². The molecular formula is C8H16F3O4P. The molecule has 0 fully saturated rings. The van der Waals surface area contributed by atoms with Crippen molar-refractivity contribution in [2.45, 2.75) is 39.5 Å². The third kappa shape index (κ3) is 6.48. The number of halogens is 3. The Bertz CT molecular complexity index is 215. The molecule has 0 saturated heterocycles. The van der Waals surface area contributed by atoms with E-state index in [9.17, 15) is 17.7 Å². The average molecular weight is 264 g/mol. The molecule has 0 radical (unpaired) electrons. The van der Waals surface area contributed by atoms with Crippen molar-refractivity contribution in [1.82, 2.24) is 0 Å². The molecule has 0 aromatic heterocycles. The summed E-state index contributed by atoms with van der Waals surface area (Å²) in [7, 11) is -4.22. The van der Waals surface area contributed by atoms with E-state index in [0.29, 0.717) is 12.8 Å². The quantitative estimate of drug-likeness (QED) is 0.597. The minimum atomic E-state index is -4.22. The highest BCUT2D eigenvalue weighted by Crippen LogP contribution is 2.51. The van der Waals surface area contributed by atoms with E-state index in [2.05, 4.69) is 13.6 Å². The second kappa shape index (κ2) is 8.06. The number of rotatable bonds is 9. The summed E-state index contributed by atoms with van der Waals surface area (Å²) < 4.78 is 61.2. The van der Waals surface area contributed by atoms with Crippen LogP contribution in [0.25, 0.3) is 0 Å². The van der Waals surface area contributed by atoms with E-state index in [-0.39, 0.29) is 13.2 Å². The first-order valence-electron chi connectivity index (χ1n) is 4.95. The van der Waals surface area contributed by atoms with E-state index in [1.165, 1.54) is 0 Å². The van der Waals surface area contributed by atoms with Gasteiger partial charge >= 0.3 is 7.82 Å². The van der Waals surface area contributed by atoms with Gasteiger partial charge in [0.05, 0.1) is 13.2 Å². The minimum Gasteiger partial charge on any atom is -0.287 e. The first-order valence-corrected chi connectivity index (χ1v) is 6.41.